The molecule has 2 fully saturated rings. The number of sulfonamides is 1. The molecule has 1 atom stereocenters. The molecule has 7 nitrogen and oxygen atoms in total. The SMILES string of the molecule is Cc1ccc(N2CC(C(=O)NCc3ccc(S(=O)(=O)N4CCCCC4)s3)CC2=O)cc1. The Kier molecular flexibility index (Phi) is 6.45. The van der Waals surface area contributed by atoms with Crippen molar-refractivity contribution in [1.29, 1.82) is 0 Å². The maximum atomic E-state index is 12.8. The third-order valence-corrected chi connectivity index (χ3v) is 9.28. The highest BCUT2D eigenvalue weighted by atomic mass is 32.2. The zero-order valence-electron chi connectivity index (χ0n) is 17.5. The van der Waals surface area contributed by atoms with Gasteiger partial charge < -0.3 is 10.2 Å². The average molecular weight is 462 g/mol. The summed E-state index contributed by atoms with van der Waals surface area (Å²) >= 11 is 1.20. The lowest BCUT2D eigenvalue weighted by atomic mass is 10.1. The van der Waals surface area contributed by atoms with Crippen molar-refractivity contribution in [3.8, 4) is 0 Å². The number of rotatable bonds is 6. The predicted octanol–water partition coefficient (Wildman–Crippen LogP) is 2.90. The molecule has 2 saturated heterocycles. The van der Waals surface area contributed by atoms with Crippen LogP contribution in [-0.2, 0) is 26.2 Å². The summed E-state index contributed by atoms with van der Waals surface area (Å²) in [5.41, 5.74) is 1.92. The Morgan fingerprint density at radius 3 is 2.52 bits per heavy atom. The van der Waals surface area contributed by atoms with Crippen LogP contribution < -0.4 is 10.2 Å². The number of piperidine rings is 1. The first-order valence-corrected chi connectivity index (χ1v) is 12.8. The van der Waals surface area contributed by atoms with E-state index in [1.807, 2.05) is 31.2 Å². The van der Waals surface area contributed by atoms with Crippen LogP contribution in [0.1, 0.15) is 36.1 Å². The molecular weight excluding hydrogens is 434 g/mol. The van der Waals surface area contributed by atoms with E-state index < -0.39 is 15.9 Å². The number of thiophene rings is 1. The van der Waals surface area contributed by atoms with Crippen molar-refractivity contribution in [2.75, 3.05) is 24.5 Å². The van der Waals surface area contributed by atoms with Crippen LogP contribution in [0.25, 0.3) is 0 Å². The number of nitrogens with one attached hydrogen (secondary N) is 1. The Morgan fingerprint density at radius 1 is 1.10 bits per heavy atom. The number of nitrogens with zero attached hydrogens (tertiary/aromatic N) is 2. The van der Waals surface area contributed by atoms with Crippen molar-refractivity contribution in [3.63, 3.8) is 0 Å². The van der Waals surface area contributed by atoms with Gasteiger partial charge in [0.05, 0.1) is 12.5 Å². The minimum absolute atomic E-state index is 0.0602. The van der Waals surface area contributed by atoms with E-state index in [9.17, 15) is 18.0 Å². The highest BCUT2D eigenvalue weighted by Crippen LogP contribution is 2.28. The topological polar surface area (TPSA) is 86.8 Å². The van der Waals surface area contributed by atoms with Crippen LogP contribution in [0.15, 0.2) is 40.6 Å². The predicted molar refractivity (Wildman–Crippen MR) is 120 cm³/mol. The molecule has 0 radical (unpaired) electrons. The van der Waals surface area contributed by atoms with E-state index in [4.69, 9.17) is 0 Å². The molecule has 31 heavy (non-hydrogen) atoms. The molecule has 166 valence electrons. The summed E-state index contributed by atoms with van der Waals surface area (Å²) in [7, 11) is -3.46. The van der Waals surface area contributed by atoms with Crippen LogP contribution in [-0.4, -0.2) is 44.2 Å². The average Bonchev–Trinajstić information content (AvgIpc) is 3.41. The van der Waals surface area contributed by atoms with Gasteiger partial charge >= 0.3 is 0 Å². The molecule has 1 N–H and O–H groups in total. The number of aryl methyl sites for hydroxylation is 1. The fourth-order valence-electron chi connectivity index (χ4n) is 4.00. The largest absolute Gasteiger partial charge is 0.351 e. The first-order valence-electron chi connectivity index (χ1n) is 10.6. The number of hydrogen-bond donors (Lipinski definition) is 1. The molecule has 3 heterocycles. The van der Waals surface area contributed by atoms with Crippen molar-refractivity contribution in [3.05, 3.63) is 46.8 Å². The van der Waals surface area contributed by atoms with Gasteiger partial charge in [0, 0.05) is 36.6 Å². The van der Waals surface area contributed by atoms with Gasteiger partial charge in [0.2, 0.25) is 11.8 Å². The Labute approximate surface area is 187 Å². The van der Waals surface area contributed by atoms with Crippen molar-refractivity contribution in [1.82, 2.24) is 9.62 Å². The van der Waals surface area contributed by atoms with Gasteiger partial charge in [-0.1, -0.05) is 24.1 Å². The lowest BCUT2D eigenvalue weighted by Crippen LogP contribution is -2.35. The summed E-state index contributed by atoms with van der Waals surface area (Å²) in [5, 5.41) is 2.87. The molecule has 9 heteroatoms. The standard InChI is InChI=1S/C22H27N3O4S2/c1-16-5-7-18(8-6-16)25-15-17(13-20(25)26)22(27)23-14-19-9-10-21(30-19)31(28,29)24-11-3-2-4-12-24/h5-10,17H,2-4,11-15H2,1H3,(H,23,27). The van der Waals surface area contributed by atoms with Gasteiger partial charge in [0.1, 0.15) is 4.21 Å². The molecule has 1 unspecified atom stereocenters. The lowest BCUT2D eigenvalue weighted by molar-refractivity contribution is -0.126. The van der Waals surface area contributed by atoms with E-state index >= 15 is 0 Å². The van der Waals surface area contributed by atoms with Gasteiger partial charge in [-0.2, -0.15) is 4.31 Å². The third-order valence-electron chi connectivity index (χ3n) is 5.82. The molecule has 0 spiro atoms. The van der Waals surface area contributed by atoms with Crippen LogP contribution in [0, 0.1) is 12.8 Å². The molecule has 1 aromatic heterocycles. The highest BCUT2D eigenvalue weighted by molar-refractivity contribution is 7.91. The molecule has 2 aliphatic heterocycles. The number of anilines is 1. The molecule has 2 amide bonds. The zero-order valence-corrected chi connectivity index (χ0v) is 19.2. The number of benzene rings is 1. The van der Waals surface area contributed by atoms with E-state index in [0.29, 0.717) is 23.8 Å². The molecule has 0 saturated carbocycles. The Hall–Kier alpha value is -2.23. The maximum Gasteiger partial charge on any atom is 0.252 e. The van der Waals surface area contributed by atoms with E-state index in [-0.39, 0.29) is 24.8 Å². The summed E-state index contributed by atoms with van der Waals surface area (Å²) in [6, 6.07) is 11.0. The van der Waals surface area contributed by atoms with E-state index in [1.54, 1.807) is 21.3 Å². The van der Waals surface area contributed by atoms with Crippen LogP contribution in [0.4, 0.5) is 5.69 Å². The quantitative estimate of drug-likeness (QED) is 0.717. The first kappa shape index (κ1) is 22.0. The van der Waals surface area contributed by atoms with Gasteiger partial charge in [-0.05, 0) is 44.0 Å². The fourth-order valence-corrected chi connectivity index (χ4v) is 6.97. The Balaban J connectivity index is 1.34. The van der Waals surface area contributed by atoms with E-state index in [2.05, 4.69) is 5.32 Å². The minimum Gasteiger partial charge on any atom is -0.351 e. The van der Waals surface area contributed by atoms with Gasteiger partial charge in [0.15, 0.2) is 0 Å². The van der Waals surface area contributed by atoms with Crippen molar-refractivity contribution >= 4 is 38.9 Å². The second-order valence-electron chi connectivity index (χ2n) is 8.14. The fraction of sp³-hybridized carbons (Fsp3) is 0.455. The van der Waals surface area contributed by atoms with Crippen molar-refractivity contribution in [2.45, 2.75) is 43.4 Å². The normalized spacial score (nSPS) is 20.2. The number of amides is 2. The molecule has 0 aliphatic carbocycles. The molecule has 2 aliphatic rings. The molecule has 0 bridgehead atoms. The van der Waals surface area contributed by atoms with Crippen LogP contribution in [0.2, 0.25) is 0 Å². The second kappa shape index (κ2) is 9.10. The van der Waals surface area contributed by atoms with Crippen LogP contribution in [0.5, 0.6) is 0 Å². The number of carbonyl (C=O) groups is 2. The molecule has 4 rings (SSSR count). The molecule has 2 aromatic rings. The third kappa shape index (κ3) is 4.83. The number of carbonyl (C=O) groups excluding carboxylic acids is 2. The lowest BCUT2D eigenvalue weighted by Gasteiger charge is -2.25. The Bertz CT molecular complexity index is 1060. The smallest absolute Gasteiger partial charge is 0.252 e. The molecular formula is C22H27N3O4S2. The van der Waals surface area contributed by atoms with Gasteiger partial charge in [-0.3, -0.25) is 9.59 Å². The summed E-state index contributed by atoms with van der Waals surface area (Å²) in [4.78, 5) is 27.5. The van der Waals surface area contributed by atoms with Gasteiger partial charge in [-0.15, -0.1) is 11.3 Å². The monoisotopic (exact) mass is 461 g/mol. The Morgan fingerprint density at radius 2 is 1.81 bits per heavy atom. The minimum atomic E-state index is -3.46. The molecule has 1 aromatic carbocycles. The summed E-state index contributed by atoms with van der Waals surface area (Å²) in [5.74, 6) is -0.655. The first-order chi connectivity index (χ1) is 14.8. The van der Waals surface area contributed by atoms with Gasteiger partial charge in [0.25, 0.3) is 10.0 Å². The van der Waals surface area contributed by atoms with Gasteiger partial charge in [-0.25, -0.2) is 8.42 Å². The maximum absolute atomic E-state index is 12.8. The van der Waals surface area contributed by atoms with E-state index in [0.717, 1.165) is 35.4 Å². The second-order valence-corrected chi connectivity index (χ2v) is 11.5. The van der Waals surface area contributed by atoms with Crippen LogP contribution in [0.3, 0.4) is 0 Å². The summed E-state index contributed by atoms with van der Waals surface area (Å²) < 4.78 is 27.4. The highest BCUT2D eigenvalue weighted by Gasteiger charge is 2.35. The van der Waals surface area contributed by atoms with Crippen molar-refractivity contribution < 1.29 is 18.0 Å². The van der Waals surface area contributed by atoms with E-state index in [1.165, 1.54) is 11.3 Å². The summed E-state index contributed by atoms with van der Waals surface area (Å²) in [6.07, 6.45) is 3.04. The zero-order chi connectivity index (χ0) is 22.0. The summed E-state index contributed by atoms with van der Waals surface area (Å²) in [6.45, 7) is 3.74. The number of hydrogen-bond acceptors (Lipinski definition) is 5. The van der Waals surface area contributed by atoms with Crippen molar-refractivity contribution in [2.24, 2.45) is 5.92 Å². The van der Waals surface area contributed by atoms with Crippen LogP contribution >= 0.6 is 11.3 Å².